The van der Waals surface area contributed by atoms with Gasteiger partial charge in [0.1, 0.15) is 0 Å². The quantitative estimate of drug-likeness (QED) is 0.123. The van der Waals surface area contributed by atoms with Gasteiger partial charge in [-0.3, -0.25) is 0 Å². The highest BCUT2D eigenvalue weighted by molar-refractivity contribution is 6.26. The zero-order chi connectivity index (χ0) is 57.6. The zero-order valence-electron chi connectivity index (χ0n) is 47.5. The molecule has 1 aliphatic heterocycles. The van der Waals surface area contributed by atoms with E-state index in [4.69, 9.17) is 15.0 Å². The average Bonchev–Trinajstić information content (AvgIpc) is 4.24. The Kier molecular flexibility index (Phi) is 12.8. The van der Waals surface area contributed by atoms with Crippen LogP contribution in [0.5, 0.6) is 0 Å². The van der Waals surface area contributed by atoms with E-state index < -0.39 is 0 Å². The first-order valence-electron chi connectivity index (χ1n) is 29.6. The van der Waals surface area contributed by atoms with E-state index in [1.165, 1.54) is 104 Å². The van der Waals surface area contributed by atoms with Gasteiger partial charge in [0.05, 0.1) is 27.6 Å². The van der Waals surface area contributed by atoms with Crippen LogP contribution in [0, 0.1) is 0 Å². The van der Waals surface area contributed by atoms with Crippen molar-refractivity contribution in [1.29, 1.82) is 0 Å². The largest absolute Gasteiger partial charge is 0.309 e. The van der Waals surface area contributed by atoms with Crippen LogP contribution in [0.2, 0.25) is 0 Å². The number of hydrogen-bond donors (Lipinski definition) is 0. The predicted octanol–water partition coefficient (Wildman–Crippen LogP) is 19.9. The van der Waals surface area contributed by atoms with E-state index >= 15 is 0 Å². The van der Waals surface area contributed by atoms with Gasteiger partial charge < -0.3 is 9.13 Å². The fourth-order valence-electron chi connectivity index (χ4n) is 13.0. The average molecular weight is 1110 g/mol. The minimum atomic E-state index is 0.654. The molecule has 17 aromatic rings. The molecule has 0 fully saturated rings. The number of pyridine rings is 1. The van der Waals surface area contributed by atoms with Crippen molar-refractivity contribution in [1.82, 2.24) is 24.1 Å². The van der Waals surface area contributed by atoms with E-state index in [0.717, 1.165) is 34.4 Å². The molecule has 4 aromatic heterocycles. The van der Waals surface area contributed by atoms with E-state index in [2.05, 4.69) is 275 Å². The second kappa shape index (κ2) is 21.9. The smallest absolute Gasteiger partial charge is 0.213 e. The fraction of sp³-hybridized carbons (Fsp3) is 0.0123. The molecule has 6 heteroatoms. The van der Waals surface area contributed by atoms with Gasteiger partial charge in [0.15, 0.2) is 30.2 Å². The number of nitrogens with zero attached hydrogens (tertiary/aromatic N) is 6. The van der Waals surface area contributed by atoms with Crippen LogP contribution in [0.3, 0.4) is 0 Å². The monoisotopic (exact) mass is 1110 g/mol. The lowest BCUT2D eigenvalue weighted by Gasteiger charge is -2.13. The van der Waals surface area contributed by atoms with Gasteiger partial charge >= 0.3 is 0 Å². The Morgan fingerprint density at radius 2 is 0.655 bits per heavy atom. The van der Waals surface area contributed by atoms with Crippen LogP contribution in [-0.2, 0) is 6.54 Å². The molecule has 87 heavy (non-hydrogen) atoms. The van der Waals surface area contributed by atoms with Gasteiger partial charge in [0, 0.05) is 67.3 Å². The lowest BCUT2D eigenvalue weighted by atomic mass is 9.92. The molecular formula is C81H55N6+. The highest BCUT2D eigenvalue weighted by atomic mass is 15.0. The van der Waals surface area contributed by atoms with Gasteiger partial charge in [-0.1, -0.05) is 231 Å². The van der Waals surface area contributed by atoms with Crippen LogP contribution in [0.1, 0.15) is 5.56 Å². The maximum absolute atomic E-state index is 4.94. The van der Waals surface area contributed by atoms with Gasteiger partial charge in [0.2, 0.25) is 5.69 Å². The van der Waals surface area contributed by atoms with Crippen molar-refractivity contribution in [3.05, 3.63) is 327 Å². The van der Waals surface area contributed by atoms with Crippen molar-refractivity contribution in [2.45, 2.75) is 6.54 Å². The summed E-state index contributed by atoms with van der Waals surface area (Å²) in [4.78, 5) is 14.7. The number of fused-ring (bicyclic) bond motifs is 15. The third-order valence-corrected chi connectivity index (χ3v) is 17.0. The molecule has 0 saturated heterocycles. The molecule has 0 saturated carbocycles. The molecule has 1 aliphatic rings. The van der Waals surface area contributed by atoms with E-state index in [0.29, 0.717) is 17.5 Å². The molecule has 5 heterocycles. The third kappa shape index (κ3) is 9.24. The lowest BCUT2D eigenvalue weighted by Crippen LogP contribution is -2.31. The minimum Gasteiger partial charge on any atom is -0.309 e. The summed E-state index contributed by atoms with van der Waals surface area (Å²) in [6.07, 6.45) is 2.13. The van der Waals surface area contributed by atoms with Crippen LogP contribution < -0.4 is 4.57 Å². The Hall–Kier alpha value is -11.6. The molecule has 0 spiro atoms. The summed E-state index contributed by atoms with van der Waals surface area (Å²) in [6.45, 7) is 1.02. The normalized spacial score (nSPS) is 11.6. The van der Waals surface area contributed by atoms with Crippen LogP contribution in [0.15, 0.2) is 322 Å². The Bertz CT molecular complexity index is 5150. The van der Waals surface area contributed by atoms with Crippen LogP contribution >= 0.6 is 0 Å². The van der Waals surface area contributed by atoms with Crippen molar-refractivity contribution in [3.63, 3.8) is 0 Å². The van der Waals surface area contributed by atoms with Crippen molar-refractivity contribution in [2.75, 3.05) is 0 Å². The molecule has 408 valence electrons. The second-order valence-corrected chi connectivity index (χ2v) is 22.1. The number of benzene rings is 13. The molecule has 0 radical (unpaired) electrons. The van der Waals surface area contributed by atoms with E-state index in [1.54, 1.807) is 0 Å². The summed E-state index contributed by atoms with van der Waals surface area (Å²) in [7, 11) is 0. The number of hydrogen-bond acceptors (Lipinski definition) is 3. The van der Waals surface area contributed by atoms with Crippen LogP contribution in [-0.4, -0.2) is 24.1 Å². The highest BCUT2D eigenvalue weighted by Crippen LogP contribution is 2.41. The molecule has 0 bridgehead atoms. The fourth-order valence-corrected chi connectivity index (χ4v) is 13.0. The molecule has 0 N–H and O–H groups in total. The van der Waals surface area contributed by atoms with Gasteiger partial charge in [-0.25, -0.2) is 15.0 Å². The summed E-state index contributed by atoms with van der Waals surface area (Å²) in [5.41, 5.74) is 16.6. The first-order valence-corrected chi connectivity index (χ1v) is 29.6. The zero-order valence-corrected chi connectivity index (χ0v) is 47.5. The maximum Gasteiger partial charge on any atom is 0.213 e. The van der Waals surface area contributed by atoms with Gasteiger partial charge in [-0.2, -0.15) is 4.57 Å². The van der Waals surface area contributed by atoms with Crippen molar-refractivity contribution < 1.29 is 4.57 Å². The van der Waals surface area contributed by atoms with E-state index in [9.17, 15) is 0 Å². The molecule has 13 aromatic carbocycles. The van der Waals surface area contributed by atoms with E-state index in [1.807, 2.05) is 60.7 Å². The Morgan fingerprint density at radius 1 is 0.253 bits per heavy atom. The minimum absolute atomic E-state index is 0.654. The predicted molar refractivity (Wildman–Crippen MR) is 360 cm³/mol. The van der Waals surface area contributed by atoms with Gasteiger partial charge in [-0.15, -0.1) is 0 Å². The molecular weight excluding hydrogens is 1060 g/mol. The maximum atomic E-state index is 4.94. The summed E-state index contributed by atoms with van der Waals surface area (Å²) >= 11 is 0. The Morgan fingerprint density at radius 3 is 1.21 bits per heavy atom. The van der Waals surface area contributed by atoms with E-state index in [-0.39, 0.29) is 0 Å². The SMILES string of the molecule is c1ccc(-c2nc(-c3ccccc3)nc(-c3cccc(-c4ccc5c6ccccc6c6ccccc6c5c4)c3)n2)cc1.c1ccc(-n2c3ccccc3c3cc4c(cc32)c2ccccc2n4-c2ccccc2)cc1.c1ccc2c(c1)C[n+]1ccccc1-2. The molecule has 0 aliphatic carbocycles. The second-order valence-electron chi connectivity index (χ2n) is 22.1. The number of rotatable bonds is 6. The standard InChI is InChI=1S/C39H25N3.C30H20N2.C12H10N/c1-3-12-26(13-4-1)37-40-38(27-14-5-2-6-15-27)42-39(41-37)30-17-11-16-28(24-30)29-22-23-35-33-20-8-7-18-31(33)32-19-9-10-21-34(32)36(35)25-29;1-3-11-21(12-4-1)31-27-17-9-7-15-23(27)25-20-30-26(19-29(25)31)24-16-8-10-18-28(24)32(30)22-13-5-2-6-14-22;1-2-6-11-10(5-1)9-13-8-4-3-7-12(11)13/h1-25H;1-20H;1-8H,9H2/q;;+1. The summed E-state index contributed by atoms with van der Waals surface area (Å²) in [5, 5.41) is 12.7. The molecule has 18 rings (SSSR count). The van der Waals surface area contributed by atoms with Crippen LogP contribution in [0.4, 0.5) is 0 Å². The van der Waals surface area contributed by atoms with Crippen molar-refractivity contribution >= 4 is 75.9 Å². The van der Waals surface area contributed by atoms with Crippen molar-refractivity contribution in [3.8, 4) is 67.9 Å². The molecule has 0 unspecified atom stereocenters. The lowest BCUT2D eigenvalue weighted by molar-refractivity contribution is -0.672. The highest BCUT2D eigenvalue weighted by Gasteiger charge is 2.24. The van der Waals surface area contributed by atoms with Gasteiger partial charge in [-0.05, 0) is 116 Å². The summed E-state index contributed by atoms with van der Waals surface area (Å²) in [5.74, 6) is 1.98. The molecule has 0 atom stereocenters. The topological polar surface area (TPSA) is 52.4 Å². The third-order valence-electron chi connectivity index (χ3n) is 17.0. The van der Waals surface area contributed by atoms with Crippen LogP contribution in [0.25, 0.3) is 144 Å². The first kappa shape index (κ1) is 51.1. The van der Waals surface area contributed by atoms with Crippen molar-refractivity contribution in [2.24, 2.45) is 0 Å². The molecule has 0 amide bonds. The first-order chi connectivity index (χ1) is 43.2. The molecule has 6 nitrogen and oxygen atoms in total. The summed E-state index contributed by atoms with van der Waals surface area (Å²) < 4.78 is 7.06. The Balaban J connectivity index is 0.000000119. The Labute approximate surface area is 503 Å². The number of para-hydroxylation sites is 4. The number of aromatic nitrogens is 6. The van der Waals surface area contributed by atoms with Gasteiger partial charge in [0.25, 0.3) is 0 Å². The summed E-state index contributed by atoms with van der Waals surface area (Å²) in [6, 6.07) is 111.